The monoisotopic (exact) mass is 315 g/mol. The quantitative estimate of drug-likeness (QED) is 0.932. The van der Waals surface area contributed by atoms with Crippen molar-refractivity contribution in [3.63, 3.8) is 0 Å². The van der Waals surface area contributed by atoms with Crippen LogP contribution in [0.2, 0.25) is 0 Å². The summed E-state index contributed by atoms with van der Waals surface area (Å²) in [5.74, 6) is 2.00. The van der Waals surface area contributed by atoms with Gasteiger partial charge in [0, 0.05) is 18.5 Å². The number of aromatic nitrogens is 2. The molecule has 3 fully saturated rings. The van der Waals surface area contributed by atoms with Crippen molar-refractivity contribution in [2.75, 3.05) is 6.54 Å². The molecule has 23 heavy (non-hydrogen) atoms. The average Bonchev–Trinajstić information content (AvgIpc) is 3.24. The predicted octanol–water partition coefficient (Wildman–Crippen LogP) is 2.65. The van der Waals surface area contributed by atoms with Gasteiger partial charge in [0.15, 0.2) is 0 Å². The van der Waals surface area contributed by atoms with Crippen LogP contribution in [-0.2, 0) is 4.79 Å². The zero-order valence-corrected chi connectivity index (χ0v) is 13.5. The lowest BCUT2D eigenvalue weighted by molar-refractivity contribution is -0.134. The highest BCUT2D eigenvalue weighted by Crippen LogP contribution is 2.51. The first-order valence-corrected chi connectivity index (χ1v) is 9.10. The van der Waals surface area contributed by atoms with Gasteiger partial charge in [-0.15, -0.1) is 0 Å². The number of nitrogens with one attached hydrogen (secondary N) is 1. The molecule has 1 saturated heterocycles. The standard InChI is InChI=1S/C18H25N3O2/c22-17-9-8-15(19-20-17)16-7-4-10-21(16)18(23)14-11-13(14)12-5-2-1-3-6-12/h8-9,12-14,16H,1-7,10-11H2,(H,20,22). The first-order chi connectivity index (χ1) is 11.2. The Balaban J connectivity index is 1.43. The molecule has 5 heteroatoms. The molecule has 5 nitrogen and oxygen atoms in total. The second-order valence-corrected chi connectivity index (χ2v) is 7.44. The van der Waals surface area contributed by atoms with E-state index in [1.54, 1.807) is 6.07 Å². The first kappa shape index (κ1) is 14.9. The molecule has 0 radical (unpaired) electrons. The third-order valence-corrected chi connectivity index (χ3v) is 5.99. The number of aromatic amines is 1. The van der Waals surface area contributed by atoms with Crippen molar-refractivity contribution in [2.45, 2.75) is 57.4 Å². The number of likely N-dealkylation sites (tertiary alicyclic amines) is 1. The fraction of sp³-hybridized carbons (Fsp3) is 0.722. The van der Waals surface area contributed by atoms with Gasteiger partial charge in [0.25, 0.3) is 5.56 Å². The third-order valence-electron chi connectivity index (χ3n) is 5.99. The van der Waals surface area contributed by atoms with Crippen LogP contribution in [0.4, 0.5) is 0 Å². The molecule has 2 heterocycles. The van der Waals surface area contributed by atoms with Crippen molar-refractivity contribution in [3.05, 3.63) is 28.2 Å². The van der Waals surface area contributed by atoms with E-state index in [4.69, 9.17) is 0 Å². The largest absolute Gasteiger partial charge is 0.334 e. The number of carbonyl (C=O) groups is 1. The van der Waals surface area contributed by atoms with Gasteiger partial charge in [0.2, 0.25) is 5.91 Å². The minimum Gasteiger partial charge on any atom is -0.334 e. The molecule has 1 amide bonds. The molecule has 3 aliphatic rings. The van der Waals surface area contributed by atoms with Crippen molar-refractivity contribution < 1.29 is 4.79 Å². The summed E-state index contributed by atoms with van der Waals surface area (Å²) in [5, 5.41) is 6.65. The summed E-state index contributed by atoms with van der Waals surface area (Å²) in [6, 6.07) is 3.32. The van der Waals surface area contributed by atoms with Gasteiger partial charge in [-0.05, 0) is 37.2 Å². The van der Waals surface area contributed by atoms with Crippen molar-refractivity contribution in [1.29, 1.82) is 0 Å². The van der Waals surface area contributed by atoms with Crippen LogP contribution in [0.1, 0.15) is 63.1 Å². The molecule has 1 aromatic heterocycles. The summed E-state index contributed by atoms with van der Waals surface area (Å²) in [6.45, 7) is 0.832. The molecular weight excluding hydrogens is 290 g/mol. The average molecular weight is 315 g/mol. The molecule has 3 atom stereocenters. The molecule has 2 saturated carbocycles. The van der Waals surface area contributed by atoms with Crippen LogP contribution in [0, 0.1) is 17.8 Å². The van der Waals surface area contributed by atoms with Crippen molar-refractivity contribution >= 4 is 5.91 Å². The lowest BCUT2D eigenvalue weighted by Gasteiger charge is -2.26. The smallest absolute Gasteiger partial charge is 0.264 e. The van der Waals surface area contributed by atoms with Crippen molar-refractivity contribution in [3.8, 4) is 0 Å². The lowest BCUT2D eigenvalue weighted by Crippen LogP contribution is -2.33. The van der Waals surface area contributed by atoms with E-state index in [2.05, 4.69) is 10.2 Å². The summed E-state index contributed by atoms with van der Waals surface area (Å²) in [7, 11) is 0. The van der Waals surface area contributed by atoms with E-state index in [0.717, 1.165) is 37.4 Å². The zero-order chi connectivity index (χ0) is 15.8. The van der Waals surface area contributed by atoms with E-state index < -0.39 is 0 Å². The number of carbonyl (C=O) groups excluding carboxylic acids is 1. The van der Waals surface area contributed by atoms with Gasteiger partial charge in [-0.3, -0.25) is 9.59 Å². The Labute approximate surface area is 136 Å². The SMILES string of the molecule is O=C(C1CC1C1CCCCC1)N1CCCC1c1ccc(=O)[nH]n1. The molecule has 4 rings (SSSR count). The summed E-state index contributed by atoms with van der Waals surface area (Å²) < 4.78 is 0. The van der Waals surface area contributed by atoms with E-state index in [9.17, 15) is 9.59 Å². The number of H-pyrrole nitrogens is 1. The molecule has 0 spiro atoms. The van der Waals surface area contributed by atoms with Gasteiger partial charge in [-0.25, -0.2) is 5.10 Å². The normalized spacial score (nSPS) is 31.3. The van der Waals surface area contributed by atoms with Gasteiger partial charge in [0.05, 0.1) is 11.7 Å². The molecule has 0 bridgehead atoms. The second kappa shape index (κ2) is 6.10. The van der Waals surface area contributed by atoms with Gasteiger partial charge >= 0.3 is 0 Å². The fourth-order valence-electron chi connectivity index (χ4n) is 4.67. The minimum atomic E-state index is -0.191. The highest BCUT2D eigenvalue weighted by Gasteiger charge is 2.50. The molecule has 0 aromatic carbocycles. The highest BCUT2D eigenvalue weighted by atomic mass is 16.2. The number of hydrogen-bond acceptors (Lipinski definition) is 3. The van der Waals surface area contributed by atoms with Crippen molar-refractivity contribution in [2.24, 2.45) is 17.8 Å². The number of amides is 1. The highest BCUT2D eigenvalue weighted by molar-refractivity contribution is 5.82. The lowest BCUT2D eigenvalue weighted by atomic mass is 9.85. The number of hydrogen-bond donors (Lipinski definition) is 1. The van der Waals surface area contributed by atoms with Crippen LogP contribution in [0.5, 0.6) is 0 Å². The van der Waals surface area contributed by atoms with Crippen LogP contribution in [0.25, 0.3) is 0 Å². The minimum absolute atomic E-state index is 0.0481. The first-order valence-electron chi connectivity index (χ1n) is 9.10. The third kappa shape index (κ3) is 2.93. The summed E-state index contributed by atoms with van der Waals surface area (Å²) in [4.78, 5) is 26.1. The number of rotatable bonds is 3. The number of nitrogens with zero attached hydrogens (tertiary/aromatic N) is 2. The predicted molar refractivity (Wildman–Crippen MR) is 86.7 cm³/mol. The zero-order valence-electron chi connectivity index (χ0n) is 13.5. The molecular formula is C18H25N3O2. The molecule has 2 aliphatic carbocycles. The molecule has 1 aliphatic heterocycles. The van der Waals surface area contributed by atoms with Crippen LogP contribution < -0.4 is 5.56 Å². The van der Waals surface area contributed by atoms with Gasteiger partial charge in [-0.1, -0.05) is 32.1 Å². The van der Waals surface area contributed by atoms with Crippen LogP contribution in [0.15, 0.2) is 16.9 Å². The van der Waals surface area contributed by atoms with Crippen LogP contribution in [0.3, 0.4) is 0 Å². The summed E-state index contributed by atoms with van der Waals surface area (Å²) in [6.07, 6.45) is 9.76. The maximum absolute atomic E-state index is 12.9. The van der Waals surface area contributed by atoms with Gasteiger partial charge < -0.3 is 4.90 Å². The van der Waals surface area contributed by atoms with E-state index in [1.807, 2.05) is 4.90 Å². The van der Waals surface area contributed by atoms with E-state index in [-0.39, 0.29) is 17.5 Å². The Morgan fingerprint density at radius 2 is 1.96 bits per heavy atom. The van der Waals surface area contributed by atoms with Crippen molar-refractivity contribution in [1.82, 2.24) is 15.1 Å². The van der Waals surface area contributed by atoms with E-state index in [1.165, 1.54) is 38.2 Å². The topological polar surface area (TPSA) is 66.1 Å². The van der Waals surface area contributed by atoms with Crippen LogP contribution in [-0.4, -0.2) is 27.5 Å². The molecule has 1 aromatic rings. The second-order valence-electron chi connectivity index (χ2n) is 7.44. The van der Waals surface area contributed by atoms with E-state index in [0.29, 0.717) is 11.8 Å². The Morgan fingerprint density at radius 3 is 2.70 bits per heavy atom. The van der Waals surface area contributed by atoms with Gasteiger partial charge in [-0.2, -0.15) is 5.10 Å². The Bertz CT molecular complexity index is 615. The fourth-order valence-corrected chi connectivity index (χ4v) is 4.67. The van der Waals surface area contributed by atoms with Crippen LogP contribution >= 0.6 is 0 Å². The molecule has 1 N–H and O–H groups in total. The molecule has 3 unspecified atom stereocenters. The maximum Gasteiger partial charge on any atom is 0.264 e. The maximum atomic E-state index is 12.9. The summed E-state index contributed by atoms with van der Waals surface area (Å²) in [5.41, 5.74) is 0.634. The Kier molecular flexibility index (Phi) is 3.95. The van der Waals surface area contributed by atoms with E-state index >= 15 is 0 Å². The Morgan fingerprint density at radius 1 is 1.13 bits per heavy atom. The Hall–Kier alpha value is -1.65. The van der Waals surface area contributed by atoms with Gasteiger partial charge in [0.1, 0.15) is 0 Å². The molecule has 124 valence electrons. The summed E-state index contributed by atoms with van der Waals surface area (Å²) >= 11 is 0.